The van der Waals surface area contributed by atoms with Crippen molar-refractivity contribution in [2.75, 3.05) is 11.4 Å². The number of rotatable bonds is 4. The van der Waals surface area contributed by atoms with E-state index >= 15 is 0 Å². The third kappa shape index (κ3) is 3.68. The number of carbonyl (C=O) groups is 1. The van der Waals surface area contributed by atoms with Crippen LogP contribution in [-0.4, -0.2) is 32.0 Å². The smallest absolute Gasteiger partial charge is 0.307 e. The Hall–Kier alpha value is -3.14. The monoisotopic (exact) mass is 467 g/mol. The van der Waals surface area contributed by atoms with E-state index in [9.17, 15) is 22.4 Å². The summed E-state index contributed by atoms with van der Waals surface area (Å²) in [7, 11) is 0. The van der Waals surface area contributed by atoms with Crippen molar-refractivity contribution >= 4 is 29.3 Å². The number of hydrogen-bond acceptors (Lipinski definition) is 3. The van der Waals surface area contributed by atoms with Gasteiger partial charge < -0.3 is 4.90 Å². The molecule has 3 heterocycles. The lowest BCUT2D eigenvalue weighted by Crippen LogP contribution is -2.29. The van der Waals surface area contributed by atoms with Crippen molar-refractivity contribution < 1.29 is 22.4 Å². The molecule has 0 aliphatic carbocycles. The number of halogens is 5. The molecule has 1 aromatic carbocycles. The Morgan fingerprint density at radius 2 is 2.03 bits per heavy atom. The highest BCUT2D eigenvalue weighted by Crippen LogP contribution is 2.39. The molecule has 0 saturated carbocycles. The lowest BCUT2D eigenvalue weighted by molar-refractivity contribution is -0.141. The van der Waals surface area contributed by atoms with Crippen LogP contribution in [0.25, 0.3) is 11.8 Å². The van der Waals surface area contributed by atoms with Gasteiger partial charge in [-0.1, -0.05) is 23.7 Å². The molecule has 2 aromatic heterocycles. The molecule has 168 valence electrons. The highest BCUT2D eigenvalue weighted by molar-refractivity contribution is 6.32. The summed E-state index contributed by atoms with van der Waals surface area (Å²) >= 11 is 5.85. The quantitative estimate of drug-likeness (QED) is 0.496. The van der Waals surface area contributed by atoms with Gasteiger partial charge in [0.1, 0.15) is 11.9 Å². The van der Waals surface area contributed by atoms with Gasteiger partial charge in [0.25, 0.3) is 5.91 Å². The number of amides is 1. The zero-order chi connectivity index (χ0) is 23.2. The van der Waals surface area contributed by atoms with E-state index in [0.717, 1.165) is 4.68 Å². The van der Waals surface area contributed by atoms with E-state index in [4.69, 9.17) is 11.6 Å². The van der Waals surface area contributed by atoms with E-state index < -0.39 is 34.7 Å². The van der Waals surface area contributed by atoms with Crippen LogP contribution in [0.15, 0.2) is 36.5 Å². The number of anilines is 1. The number of carbonyl (C=O) groups excluding carboxylic acids is 1. The second-order valence-corrected chi connectivity index (χ2v) is 7.67. The topological polar surface area (TPSA) is 56.0 Å². The molecular formula is C21H18ClF4N5O. The van der Waals surface area contributed by atoms with Crippen LogP contribution < -0.4 is 4.90 Å². The molecule has 0 spiro atoms. The summed E-state index contributed by atoms with van der Waals surface area (Å²) in [5.74, 6) is -0.861. The highest BCUT2D eigenvalue weighted by Gasteiger charge is 2.42. The summed E-state index contributed by atoms with van der Waals surface area (Å²) < 4.78 is 55.8. The molecular weight excluding hydrogens is 450 g/mol. The molecule has 1 saturated heterocycles. The number of benzene rings is 1. The van der Waals surface area contributed by atoms with Crippen molar-refractivity contribution in [3.8, 4) is 5.69 Å². The van der Waals surface area contributed by atoms with E-state index in [0.29, 0.717) is 17.1 Å². The van der Waals surface area contributed by atoms with Gasteiger partial charge in [-0.2, -0.15) is 23.4 Å². The fraction of sp³-hybridized carbons (Fsp3) is 0.286. The fourth-order valence-corrected chi connectivity index (χ4v) is 4.03. The SMILES string of the molecule is CC=Cc1c(N2CCC(n3nc(C(F)(F)F)c(Cl)c3C)C2=O)cnn1-c1cccc(F)c1. The molecule has 1 aliphatic heterocycles. The van der Waals surface area contributed by atoms with Gasteiger partial charge in [-0.15, -0.1) is 0 Å². The Labute approximate surface area is 185 Å². The average Bonchev–Trinajstić information content (AvgIpc) is 3.38. The van der Waals surface area contributed by atoms with Gasteiger partial charge in [-0.3, -0.25) is 9.48 Å². The van der Waals surface area contributed by atoms with E-state index in [1.807, 2.05) is 0 Å². The van der Waals surface area contributed by atoms with Crippen LogP contribution >= 0.6 is 11.6 Å². The largest absolute Gasteiger partial charge is 0.436 e. The zero-order valence-electron chi connectivity index (χ0n) is 17.1. The minimum absolute atomic E-state index is 0.0725. The summed E-state index contributed by atoms with van der Waals surface area (Å²) in [6.07, 6.45) is 0.479. The fourth-order valence-electron chi connectivity index (χ4n) is 3.80. The Balaban J connectivity index is 1.71. The molecule has 0 radical (unpaired) electrons. The molecule has 1 amide bonds. The second kappa shape index (κ2) is 8.09. The third-order valence-corrected chi connectivity index (χ3v) is 5.72. The van der Waals surface area contributed by atoms with Crippen LogP contribution in [0, 0.1) is 12.7 Å². The summed E-state index contributed by atoms with van der Waals surface area (Å²) in [5, 5.41) is 7.39. The van der Waals surface area contributed by atoms with Gasteiger partial charge in [0.15, 0.2) is 5.69 Å². The maximum atomic E-state index is 13.7. The minimum Gasteiger partial charge on any atom is -0.307 e. The third-order valence-electron chi connectivity index (χ3n) is 5.27. The molecule has 1 fully saturated rings. The molecule has 32 heavy (non-hydrogen) atoms. The standard InChI is InChI=1S/C21H18ClF4N5O/c1-3-5-15-17(11-27-31(15)14-7-4-6-13(23)10-14)29-9-8-16(20(29)32)30-12(2)18(22)19(28-30)21(24,25)26/h3-7,10-11,16H,8-9H2,1-2H3. The lowest BCUT2D eigenvalue weighted by atomic mass is 10.2. The summed E-state index contributed by atoms with van der Waals surface area (Å²) in [6, 6.07) is 4.91. The van der Waals surface area contributed by atoms with Crippen molar-refractivity contribution in [1.29, 1.82) is 0 Å². The molecule has 0 N–H and O–H groups in total. The summed E-state index contributed by atoms with van der Waals surface area (Å²) in [4.78, 5) is 14.7. The second-order valence-electron chi connectivity index (χ2n) is 7.29. The molecule has 3 aromatic rings. The Morgan fingerprint density at radius 3 is 2.66 bits per heavy atom. The van der Waals surface area contributed by atoms with Crippen molar-refractivity contribution in [1.82, 2.24) is 19.6 Å². The van der Waals surface area contributed by atoms with E-state index in [2.05, 4.69) is 10.2 Å². The predicted molar refractivity (Wildman–Crippen MR) is 111 cm³/mol. The Bertz CT molecular complexity index is 1210. The molecule has 11 heteroatoms. The molecule has 6 nitrogen and oxygen atoms in total. The maximum Gasteiger partial charge on any atom is 0.436 e. The molecule has 0 bridgehead atoms. The number of allylic oxidation sites excluding steroid dienone is 1. The Kier molecular flexibility index (Phi) is 5.58. The van der Waals surface area contributed by atoms with Gasteiger partial charge in [-0.25, -0.2) is 9.07 Å². The van der Waals surface area contributed by atoms with Crippen molar-refractivity contribution in [2.24, 2.45) is 0 Å². The number of alkyl halides is 3. The first-order valence-electron chi connectivity index (χ1n) is 9.73. The normalized spacial score (nSPS) is 17.2. The number of nitrogens with zero attached hydrogens (tertiary/aromatic N) is 5. The van der Waals surface area contributed by atoms with E-state index in [-0.39, 0.29) is 18.7 Å². The average molecular weight is 468 g/mol. The van der Waals surface area contributed by atoms with Crippen LogP contribution in [0.2, 0.25) is 5.02 Å². The molecule has 1 unspecified atom stereocenters. The van der Waals surface area contributed by atoms with Crippen LogP contribution in [0.3, 0.4) is 0 Å². The molecule has 1 aliphatic rings. The minimum atomic E-state index is -4.72. The van der Waals surface area contributed by atoms with E-state index in [1.165, 1.54) is 34.8 Å². The summed E-state index contributed by atoms with van der Waals surface area (Å²) in [6.45, 7) is 3.43. The van der Waals surface area contributed by atoms with Crippen molar-refractivity contribution in [3.05, 3.63) is 64.5 Å². The van der Waals surface area contributed by atoms with Crippen LogP contribution in [0.4, 0.5) is 23.2 Å². The van der Waals surface area contributed by atoms with Crippen molar-refractivity contribution in [3.63, 3.8) is 0 Å². The van der Waals surface area contributed by atoms with Crippen LogP contribution in [-0.2, 0) is 11.0 Å². The summed E-state index contributed by atoms with van der Waals surface area (Å²) in [5.41, 5.74) is 0.335. The molecule has 4 rings (SSSR count). The molecule has 1 atom stereocenters. The first-order chi connectivity index (χ1) is 15.1. The maximum absolute atomic E-state index is 13.7. The van der Waals surface area contributed by atoms with E-state index in [1.54, 1.807) is 31.2 Å². The van der Waals surface area contributed by atoms with Gasteiger partial charge >= 0.3 is 6.18 Å². The number of hydrogen-bond donors (Lipinski definition) is 0. The lowest BCUT2D eigenvalue weighted by Gasteiger charge is -2.17. The number of aromatic nitrogens is 4. The zero-order valence-corrected chi connectivity index (χ0v) is 17.8. The highest BCUT2D eigenvalue weighted by atomic mass is 35.5. The van der Waals surface area contributed by atoms with Gasteiger partial charge in [0, 0.05) is 6.54 Å². The van der Waals surface area contributed by atoms with Gasteiger partial charge in [0.05, 0.1) is 34.0 Å². The van der Waals surface area contributed by atoms with Crippen molar-refractivity contribution in [2.45, 2.75) is 32.5 Å². The van der Waals surface area contributed by atoms with Crippen LogP contribution in [0.5, 0.6) is 0 Å². The predicted octanol–water partition coefficient (Wildman–Crippen LogP) is 5.20. The Morgan fingerprint density at radius 1 is 1.28 bits per heavy atom. The van der Waals surface area contributed by atoms with Gasteiger partial charge in [-0.05, 0) is 44.5 Å². The van der Waals surface area contributed by atoms with Gasteiger partial charge in [0.2, 0.25) is 0 Å². The first-order valence-corrected chi connectivity index (χ1v) is 10.1. The van der Waals surface area contributed by atoms with Crippen LogP contribution in [0.1, 0.15) is 36.5 Å². The first kappa shape index (κ1) is 22.1.